The van der Waals surface area contributed by atoms with E-state index in [0.717, 1.165) is 11.8 Å². The molecule has 0 saturated carbocycles. The Balaban J connectivity index is 2.14. The van der Waals surface area contributed by atoms with Gasteiger partial charge in [0.15, 0.2) is 0 Å². The van der Waals surface area contributed by atoms with Gasteiger partial charge in [0, 0.05) is 18.8 Å². The predicted molar refractivity (Wildman–Crippen MR) is 103 cm³/mol. The van der Waals surface area contributed by atoms with Crippen LogP contribution in [0.5, 0.6) is 0 Å². The first-order valence-corrected chi connectivity index (χ1v) is 10.0. The smallest absolute Gasteiger partial charge is 0.0401 e. The summed E-state index contributed by atoms with van der Waals surface area (Å²) in [6, 6.07) is 6.92. The summed E-state index contributed by atoms with van der Waals surface area (Å²) in [5, 5.41) is 0. The summed E-state index contributed by atoms with van der Waals surface area (Å²) in [6.07, 6.45) is 10.8. The minimum atomic E-state index is 0.854. The average Bonchev–Trinajstić information content (AvgIpc) is 2.57. The topological polar surface area (TPSA) is 3.24 Å². The van der Waals surface area contributed by atoms with Gasteiger partial charge >= 0.3 is 0 Å². The quantitative estimate of drug-likeness (QED) is 0.511. The van der Waals surface area contributed by atoms with Crippen LogP contribution in [0.3, 0.4) is 0 Å². The van der Waals surface area contributed by atoms with E-state index in [1.54, 1.807) is 5.56 Å². The molecule has 1 heterocycles. The van der Waals surface area contributed by atoms with Crippen molar-refractivity contribution < 1.29 is 0 Å². The van der Waals surface area contributed by atoms with E-state index in [4.69, 9.17) is 0 Å². The van der Waals surface area contributed by atoms with Crippen LogP contribution in [0.4, 0.5) is 5.69 Å². The maximum absolute atomic E-state index is 2.73. The molecule has 0 aliphatic carbocycles. The molecule has 0 saturated heterocycles. The van der Waals surface area contributed by atoms with Crippen molar-refractivity contribution in [1.29, 1.82) is 0 Å². The van der Waals surface area contributed by atoms with Gasteiger partial charge in [-0.15, -0.1) is 0 Å². The Morgan fingerprint density at radius 2 is 1.91 bits per heavy atom. The number of unbranched alkanes of at least 4 members (excludes halogenated alkanes) is 2. The molecule has 2 atom stereocenters. The minimum Gasteiger partial charge on any atom is -0.371 e. The fraction of sp³-hybridized carbons (Fsp3) is 0.727. The van der Waals surface area contributed by atoms with Crippen LogP contribution in [0.15, 0.2) is 18.2 Å². The van der Waals surface area contributed by atoms with Crippen molar-refractivity contribution in [3.8, 4) is 0 Å². The van der Waals surface area contributed by atoms with Crippen LogP contribution in [0.25, 0.3) is 0 Å². The summed E-state index contributed by atoms with van der Waals surface area (Å²) in [4.78, 5) is 2.73. The first-order chi connectivity index (χ1) is 11.2. The van der Waals surface area contributed by atoms with Crippen molar-refractivity contribution in [2.75, 3.05) is 18.0 Å². The highest BCUT2D eigenvalue weighted by Crippen LogP contribution is 2.35. The number of nitrogens with zero attached hydrogens (tertiary/aromatic N) is 1. The molecule has 2 rings (SSSR count). The molecule has 1 aromatic rings. The van der Waals surface area contributed by atoms with E-state index < -0.39 is 0 Å². The van der Waals surface area contributed by atoms with Crippen LogP contribution < -0.4 is 4.90 Å². The SMILES string of the molecule is CCCCC(CC)CN1CC(CCCC)Cc2c(C)cccc21. The van der Waals surface area contributed by atoms with Crippen molar-refractivity contribution in [2.45, 2.75) is 79.1 Å². The van der Waals surface area contributed by atoms with Gasteiger partial charge in [-0.2, -0.15) is 0 Å². The van der Waals surface area contributed by atoms with Gasteiger partial charge in [0.05, 0.1) is 0 Å². The third kappa shape index (κ3) is 4.99. The van der Waals surface area contributed by atoms with Crippen molar-refractivity contribution in [2.24, 2.45) is 11.8 Å². The second-order valence-electron chi connectivity index (χ2n) is 7.61. The zero-order valence-corrected chi connectivity index (χ0v) is 15.9. The molecule has 0 amide bonds. The number of anilines is 1. The Kier molecular flexibility index (Phi) is 7.46. The van der Waals surface area contributed by atoms with Crippen LogP contribution in [0.1, 0.15) is 76.8 Å². The van der Waals surface area contributed by atoms with Crippen molar-refractivity contribution in [3.63, 3.8) is 0 Å². The Morgan fingerprint density at radius 3 is 2.61 bits per heavy atom. The molecule has 23 heavy (non-hydrogen) atoms. The molecule has 0 bridgehead atoms. The van der Waals surface area contributed by atoms with E-state index in [1.807, 2.05) is 0 Å². The number of hydrogen-bond donors (Lipinski definition) is 0. The number of fused-ring (bicyclic) bond motifs is 1. The molecule has 2 unspecified atom stereocenters. The van der Waals surface area contributed by atoms with E-state index in [2.05, 4.69) is 50.8 Å². The molecule has 1 aromatic carbocycles. The Hall–Kier alpha value is -0.980. The Labute approximate surface area is 144 Å². The summed E-state index contributed by atoms with van der Waals surface area (Å²) in [6.45, 7) is 11.8. The maximum Gasteiger partial charge on any atom is 0.0401 e. The molecule has 0 spiro atoms. The second kappa shape index (κ2) is 9.35. The zero-order valence-electron chi connectivity index (χ0n) is 15.9. The summed E-state index contributed by atoms with van der Waals surface area (Å²) < 4.78 is 0. The van der Waals surface area contributed by atoms with E-state index in [9.17, 15) is 0 Å². The first kappa shape index (κ1) is 18.4. The lowest BCUT2D eigenvalue weighted by Gasteiger charge is -2.39. The van der Waals surface area contributed by atoms with Crippen LogP contribution in [-0.4, -0.2) is 13.1 Å². The molecule has 0 aromatic heterocycles. The largest absolute Gasteiger partial charge is 0.371 e. The van der Waals surface area contributed by atoms with Crippen LogP contribution in [0, 0.1) is 18.8 Å². The molecule has 1 aliphatic heterocycles. The summed E-state index contributed by atoms with van der Waals surface area (Å²) >= 11 is 0. The number of benzene rings is 1. The highest BCUT2D eigenvalue weighted by atomic mass is 15.1. The first-order valence-electron chi connectivity index (χ1n) is 10.0. The number of aryl methyl sites for hydroxylation is 1. The average molecular weight is 316 g/mol. The van der Waals surface area contributed by atoms with Crippen molar-refractivity contribution in [3.05, 3.63) is 29.3 Å². The number of rotatable bonds is 9. The predicted octanol–water partition coefficient (Wildman–Crippen LogP) is 6.38. The molecule has 1 nitrogen and oxygen atoms in total. The van der Waals surface area contributed by atoms with Gasteiger partial charge < -0.3 is 4.90 Å². The Bertz CT molecular complexity index is 465. The van der Waals surface area contributed by atoms with Gasteiger partial charge in [-0.25, -0.2) is 0 Å². The standard InChI is InChI=1S/C22H37N/c1-5-8-12-19(7-3)16-23-17-20(13-9-6-2)15-21-18(4)11-10-14-22(21)23/h10-11,14,19-20H,5-9,12-13,15-17H2,1-4H3. The highest BCUT2D eigenvalue weighted by Gasteiger charge is 2.26. The normalized spacial score (nSPS) is 18.8. The fourth-order valence-electron chi connectivity index (χ4n) is 4.10. The van der Waals surface area contributed by atoms with Gasteiger partial charge in [-0.3, -0.25) is 0 Å². The zero-order chi connectivity index (χ0) is 16.7. The van der Waals surface area contributed by atoms with Gasteiger partial charge in [-0.05, 0) is 55.2 Å². The molecule has 130 valence electrons. The number of hydrogen-bond acceptors (Lipinski definition) is 1. The van der Waals surface area contributed by atoms with Crippen molar-refractivity contribution >= 4 is 5.69 Å². The van der Waals surface area contributed by atoms with Crippen molar-refractivity contribution in [1.82, 2.24) is 0 Å². The maximum atomic E-state index is 2.73. The lowest BCUT2D eigenvalue weighted by atomic mass is 9.86. The minimum absolute atomic E-state index is 0.854. The molecular weight excluding hydrogens is 278 g/mol. The van der Waals surface area contributed by atoms with E-state index >= 15 is 0 Å². The van der Waals surface area contributed by atoms with E-state index in [-0.39, 0.29) is 0 Å². The second-order valence-corrected chi connectivity index (χ2v) is 7.61. The summed E-state index contributed by atoms with van der Waals surface area (Å²) in [5.41, 5.74) is 4.66. The van der Waals surface area contributed by atoms with Gasteiger partial charge in [0.1, 0.15) is 0 Å². The Morgan fingerprint density at radius 1 is 1.13 bits per heavy atom. The molecule has 0 radical (unpaired) electrons. The molecular formula is C22H37N. The highest BCUT2D eigenvalue weighted by molar-refractivity contribution is 5.58. The molecule has 0 N–H and O–H groups in total. The van der Waals surface area contributed by atoms with Gasteiger partial charge in [-0.1, -0.05) is 65.0 Å². The van der Waals surface area contributed by atoms with Gasteiger partial charge in [0.25, 0.3) is 0 Å². The van der Waals surface area contributed by atoms with E-state index in [0.29, 0.717) is 0 Å². The molecule has 0 fully saturated rings. The molecule has 1 heteroatoms. The van der Waals surface area contributed by atoms with Crippen LogP contribution in [0.2, 0.25) is 0 Å². The lowest BCUT2D eigenvalue weighted by molar-refractivity contribution is 0.396. The molecule has 1 aliphatic rings. The third-order valence-electron chi connectivity index (χ3n) is 5.69. The van der Waals surface area contributed by atoms with Gasteiger partial charge in [0.2, 0.25) is 0 Å². The summed E-state index contributed by atoms with van der Waals surface area (Å²) in [5.74, 6) is 1.71. The fourth-order valence-corrected chi connectivity index (χ4v) is 4.10. The van der Waals surface area contributed by atoms with Crippen LogP contribution in [-0.2, 0) is 6.42 Å². The van der Waals surface area contributed by atoms with E-state index in [1.165, 1.54) is 75.7 Å². The monoisotopic (exact) mass is 315 g/mol. The van der Waals surface area contributed by atoms with Crippen LogP contribution >= 0.6 is 0 Å². The summed E-state index contributed by atoms with van der Waals surface area (Å²) in [7, 11) is 0. The third-order valence-corrected chi connectivity index (χ3v) is 5.69. The lowest BCUT2D eigenvalue weighted by Crippen LogP contribution is -2.39.